The van der Waals surface area contributed by atoms with Crippen LogP contribution >= 0.6 is 15.9 Å². The first kappa shape index (κ1) is 12.3. The molecule has 0 amide bonds. The van der Waals surface area contributed by atoms with Crippen molar-refractivity contribution < 1.29 is 8.78 Å². The maximum Gasteiger partial charge on any atom is 0.136 e. The minimum atomic E-state index is -0.669. The zero-order chi connectivity index (χ0) is 12.6. The van der Waals surface area contributed by atoms with Crippen LogP contribution in [0.1, 0.15) is 12.0 Å². The van der Waals surface area contributed by atoms with Crippen LogP contribution in [0.4, 0.5) is 14.5 Å². The van der Waals surface area contributed by atoms with Crippen molar-refractivity contribution in [3.8, 4) is 0 Å². The third kappa shape index (κ3) is 2.56. The van der Waals surface area contributed by atoms with Gasteiger partial charge >= 0.3 is 0 Å². The van der Waals surface area contributed by atoms with Crippen LogP contribution in [0.25, 0.3) is 5.57 Å². The van der Waals surface area contributed by atoms with Crippen molar-refractivity contribution in [1.29, 1.82) is 0 Å². The monoisotopic (exact) mass is 300 g/mol. The lowest BCUT2D eigenvalue weighted by Gasteiger charge is -2.21. The number of alkyl halides is 1. The highest BCUT2D eigenvalue weighted by Gasteiger charge is 2.22. The summed E-state index contributed by atoms with van der Waals surface area (Å²) in [6.45, 7) is 0. The van der Waals surface area contributed by atoms with Crippen molar-refractivity contribution in [2.24, 2.45) is 5.73 Å². The van der Waals surface area contributed by atoms with Gasteiger partial charge < -0.3 is 11.5 Å². The zero-order valence-corrected chi connectivity index (χ0v) is 10.5. The smallest absolute Gasteiger partial charge is 0.136 e. The topological polar surface area (TPSA) is 52.0 Å². The van der Waals surface area contributed by atoms with Gasteiger partial charge in [0.2, 0.25) is 0 Å². The first-order chi connectivity index (χ1) is 7.89. The zero-order valence-electron chi connectivity index (χ0n) is 8.88. The Morgan fingerprint density at radius 1 is 1.24 bits per heavy atom. The third-order valence-corrected chi connectivity index (χ3v) is 3.12. The highest BCUT2D eigenvalue weighted by Crippen LogP contribution is 2.32. The van der Waals surface area contributed by atoms with Gasteiger partial charge in [0.05, 0.1) is 10.0 Å². The number of hydrogen-bond acceptors (Lipinski definition) is 2. The van der Waals surface area contributed by atoms with Gasteiger partial charge in [-0.15, -0.1) is 0 Å². The average Bonchev–Trinajstić information content (AvgIpc) is 2.19. The number of nitrogens with two attached hydrogens (primary N) is 2. The Labute approximate surface area is 106 Å². The van der Waals surface area contributed by atoms with Crippen molar-refractivity contribution in [1.82, 2.24) is 0 Å². The molecule has 1 aliphatic rings. The molecule has 0 aromatic heterocycles. The number of halogens is 3. The molecule has 0 radical (unpaired) electrons. The highest BCUT2D eigenvalue weighted by atomic mass is 79.9. The predicted molar refractivity (Wildman–Crippen MR) is 68.3 cm³/mol. The molecule has 4 N–H and O–H groups in total. The Morgan fingerprint density at radius 2 is 1.82 bits per heavy atom. The Morgan fingerprint density at radius 3 is 2.29 bits per heavy atom. The average molecular weight is 301 g/mol. The highest BCUT2D eigenvalue weighted by molar-refractivity contribution is 9.10. The third-order valence-electron chi connectivity index (χ3n) is 2.53. The molecule has 0 aliphatic heterocycles. The molecule has 2 rings (SSSR count). The summed E-state index contributed by atoms with van der Waals surface area (Å²) in [7, 11) is 0. The van der Waals surface area contributed by atoms with Gasteiger partial charge in [0.15, 0.2) is 0 Å². The number of nitrogen functional groups attached to an aromatic ring is 1. The lowest BCUT2D eigenvalue weighted by atomic mass is 9.96. The fraction of sp³-hybridized carbons (Fsp3) is 0.167. The molecule has 0 saturated heterocycles. The van der Waals surface area contributed by atoms with Gasteiger partial charge in [-0.25, -0.2) is 8.78 Å². The van der Waals surface area contributed by atoms with Crippen molar-refractivity contribution >= 4 is 27.2 Å². The van der Waals surface area contributed by atoms with Crippen LogP contribution < -0.4 is 11.5 Å². The van der Waals surface area contributed by atoms with Crippen LogP contribution in [-0.4, -0.2) is 4.45 Å². The minimum Gasteiger partial charge on any atom is -0.399 e. The second kappa shape index (κ2) is 4.23. The van der Waals surface area contributed by atoms with Crippen molar-refractivity contribution in [2.75, 3.05) is 5.73 Å². The van der Waals surface area contributed by atoms with E-state index in [2.05, 4.69) is 15.9 Å². The molecule has 0 saturated carbocycles. The van der Waals surface area contributed by atoms with Crippen LogP contribution in [0, 0.1) is 11.6 Å². The van der Waals surface area contributed by atoms with Crippen molar-refractivity contribution in [3.05, 3.63) is 47.6 Å². The summed E-state index contributed by atoms with van der Waals surface area (Å²) in [6, 6.07) is 2.21. The van der Waals surface area contributed by atoms with E-state index >= 15 is 0 Å². The van der Waals surface area contributed by atoms with Crippen LogP contribution in [0.3, 0.4) is 0 Å². The lowest BCUT2D eigenvalue weighted by molar-refractivity contribution is 0.578. The molecule has 90 valence electrons. The van der Waals surface area contributed by atoms with Crippen molar-refractivity contribution in [2.45, 2.75) is 10.9 Å². The van der Waals surface area contributed by atoms with Gasteiger partial charge in [0.1, 0.15) is 11.6 Å². The summed E-state index contributed by atoms with van der Waals surface area (Å²) in [6.07, 6.45) is 5.40. The normalized spacial score (nSPS) is 23.6. The Bertz CT molecular complexity index is 498. The van der Waals surface area contributed by atoms with E-state index in [1.165, 1.54) is 0 Å². The summed E-state index contributed by atoms with van der Waals surface area (Å²) < 4.78 is 26.7. The molecule has 1 atom stereocenters. The molecule has 0 spiro atoms. The fourth-order valence-corrected chi connectivity index (χ4v) is 1.98. The van der Waals surface area contributed by atoms with Crippen LogP contribution in [0.2, 0.25) is 0 Å². The van der Waals surface area contributed by atoms with Crippen molar-refractivity contribution in [3.63, 3.8) is 0 Å². The number of allylic oxidation sites excluding steroid dienone is 2. The minimum absolute atomic E-state index is 0.0674. The van der Waals surface area contributed by atoms with Crippen LogP contribution in [0.5, 0.6) is 0 Å². The van der Waals surface area contributed by atoms with Crippen LogP contribution in [0.15, 0.2) is 30.4 Å². The maximum atomic E-state index is 13.7. The van der Waals surface area contributed by atoms with E-state index in [1.807, 2.05) is 0 Å². The van der Waals surface area contributed by atoms with Gasteiger partial charge in [-0.1, -0.05) is 34.2 Å². The number of hydrogen-bond donors (Lipinski definition) is 2. The number of rotatable bonds is 1. The lowest BCUT2D eigenvalue weighted by Crippen LogP contribution is -2.30. The molecular weight excluding hydrogens is 290 g/mol. The van der Waals surface area contributed by atoms with Gasteiger partial charge in [-0.05, 0) is 24.1 Å². The SMILES string of the molecule is Nc1cc(F)c(C2=CCC(N)(Br)C=C2)c(F)c1. The van der Waals surface area contributed by atoms with Crippen LogP contribution in [-0.2, 0) is 0 Å². The molecule has 0 fully saturated rings. The molecule has 2 nitrogen and oxygen atoms in total. The summed E-state index contributed by atoms with van der Waals surface area (Å²) in [5.41, 5.74) is 11.6. The van der Waals surface area contributed by atoms with Gasteiger partial charge in [0.25, 0.3) is 0 Å². The molecule has 17 heavy (non-hydrogen) atoms. The maximum absolute atomic E-state index is 13.7. The Kier molecular flexibility index (Phi) is 3.05. The largest absolute Gasteiger partial charge is 0.399 e. The molecule has 1 aromatic rings. The summed E-state index contributed by atoms with van der Waals surface area (Å²) in [4.78, 5) is 0. The van der Waals surface area contributed by atoms with E-state index in [0.717, 1.165) is 12.1 Å². The predicted octanol–water partition coefficient (Wildman–Crippen LogP) is 2.94. The first-order valence-electron chi connectivity index (χ1n) is 5.01. The molecule has 5 heteroatoms. The summed E-state index contributed by atoms with van der Waals surface area (Å²) >= 11 is 3.28. The van der Waals surface area contributed by atoms with E-state index < -0.39 is 16.1 Å². The van der Waals surface area contributed by atoms with E-state index in [0.29, 0.717) is 12.0 Å². The standard InChI is InChI=1S/C12H11BrF2N2/c13-12(17)3-1-7(2-4-12)11-9(14)5-8(16)6-10(11)15/h1-3,5-6H,4,16-17H2. The van der Waals surface area contributed by atoms with E-state index in [4.69, 9.17) is 11.5 Å². The molecule has 1 aliphatic carbocycles. The Balaban J connectivity index is 2.44. The van der Waals surface area contributed by atoms with Gasteiger partial charge in [-0.2, -0.15) is 0 Å². The number of benzene rings is 1. The van der Waals surface area contributed by atoms with Gasteiger partial charge in [0, 0.05) is 5.69 Å². The van der Waals surface area contributed by atoms with E-state index in [-0.39, 0.29) is 11.3 Å². The van der Waals surface area contributed by atoms with E-state index in [9.17, 15) is 8.78 Å². The molecule has 1 unspecified atom stereocenters. The molecule has 0 heterocycles. The summed E-state index contributed by atoms with van der Waals surface area (Å²) in [5.74, 6) is -1.34. The molecule has 0 bridgehead atoms. The molecule has 1 aromatic carbocycles. The molecular formula is C12H11BrF2N2. The summed E-state index contributed by atoms with van der Waals surface area (Å²) in [5, 5.41) is 0. The first-order valence-corrected chi connectivity index (χ1v) is 5.80. The fourth-order valence-electron chi connectivity index (χ4n) is 1.68. The second-order valence-electron chi connectivity index (χ2n) is 3.98. The quantitative estimate of drug-likeness (QED) is 0.476. The van der Waals surface area contributed by atoms with E-state index in [1.54, 1.807) is 18.2 Å². The second-order valence-corrected chi connectivity index (χ2v) is 5.46. The van der Waals surface area contributed by atoms with Gasteiger partial charge in [-0.3, -0.25) is 0 Å². The Hall–Kier alpha value is -1.20. The number of anilines is 1.